The molecule has 19 heavy (non-hydrogen) atoms. The van der Waals surface area contributed by atoms with Gasteiger partial charge in [-0.25, -0.2) is 9.97 Å². The minimum Gasteiger partial charge on any atom is -0.370 e. The number of hydrogen-bond donors (Lipinski definition) is 1. The number of fused-ring (bicyclic) bond motifs is 1. The lowest BCUT2D eigenvalue weighted by Gasteiger charge is -2.20. The van der Waals surface area contributed by atoms with Crippen LogP contribution in [0.5, 0.6) is 0 Å². The predicted molar refractivity (Wildman–Crippen MR) is 77.1 cm³/mol. The molecule has 2 aromatic heterocycles. The summed E-state index contributed by atoms with van der Waals surface area (Å²) in [5.74, 6) is 1.69. The number of aryl methyl sites for hydroxylation is 1. The molecule has 2 rings (SSSR count). The monoisotopic (exact) mass is 262 g/mol. The molecule has 0 amide bonds. The van der Waals surface area contributed by atoms with Crippen LogP contribution in [0.4, 0.5) is 5.82 Å². The normalized spacial score (nSPS) is 11.7. The van der Waals surface area contributed by atoms with Crippen molar-refractivity contribution in [1.82, 2.24) is 24.6 Å². The van der Waals surface area contributed by atoms with Gasteiger partial charge in [-0.1, -0.05) is 0 Å². The topological polar surface area (TPSA) is 58.9 Å². The van der Waals surface area contributed by atoms with E-state index in [0.29, 0.717) is 6.04 Å². The molecule has 2 aromatic rings. The highest BCUT2D eigenvalue weighted by Gasteiger charge is 2.13. The first-order chi connectivity index (χ1) is 9.02. The van der Waals surface area contributed by atoms with E-state index in [1.165, 1.54) is 0 Å². The van der Waals surface area contributed by atoms with Crippen molar-refractivity contribution in [1.29, 1.82) is 0 Å². The quantitative estimate of drug-likeness (QED) is 0.887. The summed E-state index contributed by atoms with van der Waals surface area (Å²) in [5, 5.41) is 8.51. The van der Waals surface area contributed by atoms with E-state index in [-0.39, 0.29) is 0 Å². The first-order valence-corrected chi connectivity index (χ1v) is 6.65. The first-order valence-electron chi connectivity index (χ1n) is 6.65. The van der Waals surface area contributed by atoms with E-state index in [1.54, 1.807) is 4.68 Å². The molecule has 2 heterocycles. The van der Waals surface area contributed by atoms with Crippen molar-refractivity contribution >= 4 is 16.9 Å². The molecule has 0 aliphatic heterocycles. The van der Waals surface area contributed by atoms with Crippen LogP contribution in [0.15, 0.2) is 6.20 Å². The fourth-order valence-electron chi connectivity index (χ4n) is 1.85. The molecule has 104 valence electrons. The van der Waals surface area contributed by atoms with Gasteiger partial charge in [0.2, 0.25) is 0 Å². The molecule has 0 aromatic carbocycles. The minimum absolute atomic E-state index is 0.466. The largest absolute Gasteiger partial charge is 0.370 e. The summed E-state index contributed by atoms with van der Waals surface area (Å²) >= 11 is 0. The Morgan fingerprint density at radius 3 is 2.74 bits per heavy atom. The van der Waals surface area contributed by atoms with Crippen LogP contribution in [-0.2, 0) is 13.6 Å². The van der Waals surface area contributed by atoms with Crippen LogP contribution in [-0.4, -0.2) is 44.3 Å². The van der Waals surface area contributed by atoms with Gasteiger partial charge in [0.15, 0.2) is 5.65 Å². The van der Waals surface area contributed by atoms with Crippen molar-refractivity contribution < 1.29 is 0 Å². The van der Waals surface area contributed by atoms with Crippen LogP contribution in [0.3, 0.4) is 0 Å². The van der Waals surface area contributed by atoms with Gasteiger partial charge in [0.05, 0.1) is 18.1 Å². The smallest absolute Gasteiger partial charge is 0.163 e. The maximum absolute atomic E-state index is 4.61. The zero-order chi connectivity index (χ0) is 14.0. The average Bonchev–Trinajstić information content (AvgIpc) is 2.72. The highest BCUT2D eigenvalue weighted by Crippen LogP contribution is 2.19. The fourth-order valence-corrected chi connectivity index (χ4v) is 1.85. The van der Waals surface area contributed by atoms with Gasteiger partial charge in [-0.05, 0) is 27.8 Å². The van der Waals surface area contributed by atoms with Crippen LogP contribution in [0.1, 0.15) is 26.6 Å². The molecule has 0 atom stereocenters. The van der Waals surface area contributed by atoms with Crippen LogP contribution < -0.4 is 5.32 Å². The van der Waals surface area contributed by atoms with Crippen molar-refractivity contribution in [2.75, 3.05) is 18.9 Å². The van der Waals surface area contributed by atoms with Gasteiger partial charge in [-0.15, -0.1) is 0 Å². The van der Waals surface area contributed by atoms with Crippen molar-refractivity contribution in [3.8, 4) is 0 Å². The molecular weight excluding hydrogens is 240 g/mol. The number of rotatable bonds is 5. The molecule has 0 spiro atoms. The molecule has 0 bridgehead atoms. The molecule has 1 N–H and O–H groups in total. The maximum atomic E-state index is 4.61. The molecule has 0 aliphatic rings. The van der Waals surface area contributed by atoms with Crippen LogP contribution in [0.25, 0.3) is 11.0 Å². The molecule has 0 saturated carbocycles. The second kappa shape index (κ2) is 5.52. The zero-order valence-electron chi connectivity index (χ0n) is 12.3. The maximum Gasteiger partial charge on any atom is 0.163 e. The molecular formula is C13H22N6. The van der Waals surface area contributed by atoms with Crippen molar-refractivity contribution in [3.63, 3.8) is 0 Å². The second-order valence-electron chi connectivity index (χ2n) is 5.03. The third-order valence-electron chi connectivity index (χ3n) is 3.25. The minimum atomic E-state index is 0.466. The van der Waals surface area contributed by atoms with E-state index < -0.39 is 0 Å². The Morgan fingerprint density at radius 2 is 2.11 bits per heavy atom. The van der Waals surface area contributed by atoms with E-state index in [9.17, 15) is 0 Å². The van der Waals surface area contributed by atoms with Gasteiger partial charge in [0.1, 0.15) is 11.6 Å². The van der Waals surface area contributed by atoms with E-state index in [0.717, 1.165) is 35.8 Å². The van der Waals surface area contributed by atoms with E-state index in [4.69, 9.17) is 0 Å². The lowest BCUT2D eigenvalue weighted by molar-refractivity contribution is 0.259. The lowest BCUT2D eigenvalue weighted by atomic mass is 10.3. The lowest BCUT2D eigenvalue weighted by Crippen LogP contribution is -2.26. The summed E-state index contributed by atoms with van der Waals surface area (Å²) in [7, 11) is 3.98. The summed E-state index contributed by atoms with van der Waals surface area (Å²) in [6.07, 6.45) is 1.81. The summed E-state index contributed by atoms with van der Waals surface area (Å²) in [6.45, 7) is 7.95. The highest BCUT2D eigenvalue weighted by molar-refractivity contribution is 5.86. The Hall–Kier alpha value is -1.69. The summed E-state index contributed by atoms with van der Waals surface area (Å²) in [6, 6.07) is 0.466. The average molecular weight is 262 g/mol. The summed E-state index contributed by atoms with van der Waals surface area (Å²) in [5.41, 5.74) is 0.873. The van der Waals surface area contributed by atoms with Gasteiger partial charge < -0.3 is 5.32 Å². The molecule has 0 aliphatic carbocycles. The molecule has 6 nitrogen and oxygen atoms in total. The second-order valence-corrected chi connectivity index (χ2v) is 5.03. The third kappa shape index (κ3) is 2.84. The molecule has 0 unspecified atom stereocenters. The predicted octanol–water partition coefficient (Wildman–Crippen LogP) is 1.64. The Balaban J connectivity index is 2.41. The van der Waals surface area contributed by atoms with Crippen molar-refractivity contribution in [2.45, 2.75) is 33.4 Å². The van der Waals surface area contributed by atoms with E-state index in [1.807, 2.05) is 13.2 Å². The number of nitrogens with one attached hydrogen (secondary N) is 1. The molecule has 0 radical (unpaired) electrons. The fraction of sp³-hybridized carbons (Fsp3) is 0.615. The van der Waals surface area contributed by atoms with Crippen molar-refractivity contribution in [3.05, 3.63) is 12.0 Å². The van der Waals surface area contributed by atoms with Crippen LogP contribution in [0, 0.1) is 0 Å². The highest BCUT2D eigenvalue weighted by atomic mass is 15.3. The Kier molecular flexibility index (Phi) is 3.99. The summed E-state index contributed by atoms with van der Waals surface area (Å²) in [4.78, 5) is 11.4. The molecule has 0 saturated heterocycles. The number of nitrogens with zero attached hydrogens (tertiary/aromatic N) is 5. The third-order valence-corrected chi connectivity index (χ3v) is 3.25. The Morgan fingerprint density at radius 1 is 1.37 bits per heavy atom. The van der Waals surface area contributed by atoms with Gasteiger partial charge in [-0.3, -0.25) is 9.58 Å². The molecule has 0 fully saturated rings. The Bertz CT molecular complexity index is 560. The SMILES string of the molecule is CCNc1nc(CN(C)C(C)C)nc2c1cnn2C. The van der Waals surface area contributed by atoms with E-state index >= 15 is 0 Å². The van der Waals surface area contributed by atoms with Crippen LogP contribution in [0.2, 0.25) is 0 Å². The van der Waals surface area contributed by atoms with Gasteiger partial charge in [0.25, 0.3) is 0 Å². The standard InChI is InChI=1S/C13H22N6/c1-6-14-12-10-7-15-19(5)13(10)17-11(16-12)8-18(4)9(2)3/h7,9H,6,8H2,1-5H3,(H,14,16,17). The summed E-state index contributed by atoms with van der Waals surface area (Å²) < 4.78 is 1.79. The number of aromatic nitrogens is 4. The van der Waals surface area contributed by atoms with E-state index in [2.05, 4.69) is 53.1 Å². The number of hydrogen-bond acceptors (Lipinski definition) is 5. The van der Waals surface area contributed by atoms with Gasteiger partial charge in [0, 0.05) is 19.6 Å². The van der Waals surface area contributed by atoms with Crippen molar-refractivity contribution in [2.24, 2.45) is 7.05 Å². The Labute approximate surface area is 113 Å². The first kappa shape index (κ1) is 13.7. The van der Waals surface area contributed by atoms with Crippen LogP contribution >= 0.6 is 0 Å². The zero-order valence-corrected chi connectivity index (χ0v) is 12.3. The molecule has 6 heteroatoms. The van der Waals surface area contributed by atoms with Gasteiger partial charge in [-0.2, -0.15) is 5.10 Å². The number of anilines is 1. The van der Waals surface area contributed by atoms with Gasteiger partial charge >= 0.3 is 0 Å².